The van der Waals surface area contributed by atoms with Crippen molar-refractivity contribution >= 4 is 30.8 Å². The minimum atomic E-state index is -5.01. The molecule has 0 aromatic carbocycles. The zero-order chi connectivity index (χ0) is 20.3. The molecular weight excluding hydrogens is 418 g/mol. The van der Waals surface area contributed by atoms with E-state index in [1.54, 1.807) is 0 Å². The van der Waals surface area contributed by atoms with E-state index < -0.39 is 38.5 Å². The van der Waals surface area contributed by atoms with Gasteiger partial charge in [-0.2, -0.15) is 9.97 Å². The predicted octanol–water partition coefficient (Wildman–Crippen LogP) is -4.53. The molecule has 0 bridgehead atoms. The topological polar surface area (TPSA) is 201 Å². The number of hydrogen-bond acceptors (Lipinski definition) is 11. The van der Waals surface area contributed by atoms with Crippen molar-refractivity contribution < 1.29 is 63.4 Å². The summed E-state index contributed by atoms with van der Waals surface area (Å²) in [5, 5.41) is 24.3. The van der Waals surface area contributed by atoms with Crippen molar-refractivity contribution in [1.82, 2.24) is 19.5 Å². The van der Waals surface area contributed by atoms with Crippen molar-refractivity contribution in [3.63, 3.8) is 0 Å². The molecule has 2 unspecified atom stereocenters. The summed E-state index contributed by atoms with van der Waals surface area (Å²) in [5.41, 5.74) is 4.64. The first-order valence-electron chi connectivity index (χ1n) is 8.57. The van der Waals surface area contributed by atoms with Gasteiger partial charge in [0.15, 0.2) is 23.2 Å². The molecule has 2 fully saturated rings. The summed E-state index contributed by atoms with van der Waals surface area (Å²) in [5.74, 6) is 0.442. The van der Waals surface area contributed by atoms with Crippen LogP contribution in [0.2, 0.25) is 0 Å². The molecule has 6 N–H and O–H groups in total. The SMILES string of the molecule is C[C@]1(O)C(O)[C@@H](COP(=O)([O-])O)O[C@H]1n1cnc2c(NC3CC3)nc(N)nc21.[Na+]. The normalized spacial score (nSPS) is 31.4. The van der Waals surface area contributed by atoms with E-state index in [0.29, 0.717) is 11.3 Å². The Labute approximate surface area is 187 Å². The zero-order valence-corrected chi connectivity index (χ0v) is 18.7. The van der Waals surface area contributed by atoms with E-state index in [1.165, 1.54) is 17.8 Å². The van der Waals surface area contributed by atoms with Gasteiger partial charge in [-0.15, -0.1) is 0 Å². The number of fused-ring (bicyclic) bond motifs is 1. The molecule has 1 saturated heterocycles. The number of hydrogen-bond donors (Lipinski definition) is 5. The van der Waals surface area contributed by atoms with Crippen LogP contribution < -0.4 is 45.5 Å². The third-order valence-electron chi connectivity index (χ3n) is 4.77. The predicted molar refractivity (Wildman–Crippen MR) is 92.7 cm³/mol. The second-order valence-electron chi connectivity index (χ2n) is 7.13. The number of phosphoric ester groups is 1. The Morgan fingerprint density at radius 2 is 2.21 bits per heavy atom. The van der Waals surface area contributed by atoms with Gasteiger partial charge < -0.3 is 40.3 Å². The summed E-state index contributed by atoms with van der Waals surface area (Å²) in [6.45, 7) is 0.640. The van der Waals surface area contributed by atoms with E-state index >= 15 is 0 Å². The molecule has 4 rings (SSSR count). The maximum atomic E-state index is 10.8. The molecule has 3 heterocycles. The summed E-state index contributed by atoms with van der Waals surface area (Å²) in [6.07, 6.45) is -0.533. The van der Waals surface area contributed by atoms with Crippen LogP contribution in [-0.2, 0) is 13.8 Å². The number of nitrogens with two attached hydrogens (primary N) is 1. The first-order valence-corrected chi connectivity index (χ1v) is 10.1. The van der Waals surface area contributed by atoms with Crippen LogP contribution in [0.25, 0.3) is 11.2 Å². The number of aromatic nitrogens is 4. The van der Waals surface area contributed by atoms with Crippen molar-refractivity contribution in [2.45, 2.75) is 49.8 Å². The number of nitrogen functional groups attached to an aromatic ring is 1. The fourth-order valence-electron chi connectivity index (χ4n) is 3.17. The molecule has 15 heteroatoms. The van der Waals surface area contributed by atoms with Crippen LogP contribution in [0.4, 0.5) is 11.8 Å². The van der Waals surface area contributed by atoms with Crippen LogP contribution in [0, 0.1) is 0 Å². The van der Waals surface area contributed by atoms with Gasteiger partial charge in [0.1, 0.15) is 17.8 Å². The third-order valence-corrected chi connectivity index (χ3v) is 5.24. The molecule has 154 valence electrons. The monoisotopic (exact) mass is 438 g/mol. The number of aliphatic hydroxyl groups is 2. The molecule has 2 aromatic heterocycles. The Bertz CT molecular complexity index is 948. The van der Waals surface area contributed by atoms with Crippen molar-refractivity contribution in [3.8, 4) is 0 Å². The summed E-state index contributed by atoms with van der Waals surface area (Å²) >= 11 is 0. The molecule has 1 aliphatic carbocycles. The van der Waals surface area contributed by atoms with Crippen molar-refractivity contribution in [1.29, 1.82) is 0 Å². The number of rotatable bonds is 6. The molecule has 1 saturated carbocycles. The fraction of sp³-hybridized carbons (Fsp3) is 0.643. The average Bonchev–Trinajstić information content (AvgIpc) is 3.25. The Morgan fingerprint density at radius 1 is 1.52 bits per heavy atom. The number of nitrogens with zero attached hydrogens (tertiary/aromatic N) is 4. The van der Waals surface area contributed by atoms with Gasteiger partial charge in [-0.3, -0.25) is 9.13 Å². The smallest absolute Gasteiger partial charge is 0.756 e. The average molecular weight is 438 g/mol. The van der Waals surface area contributed by atoms with E-state index in [9.17, 15) is 19.7 Å². The number of ether oxygens (including phenoxy) is 1. The maximum absolute atomic E-state index is 10.8. The molecule has 1 aliphatic heterocycles. The van der Waals surface area contributed by atoms with Crippen molar-refractivity contribution in [2.24, 2.45) is 0 Å². The summed E-state index contributed by atoms with van der Waals surface area (Å²) in [7, 11) is -5.01. The minimum absolute atomic E-state index is 0. The van der Waals surface area contributed by atoms with Gasteiger partial charge >= 0.3 is 29.6 Å². The van der Waals surface area contributed by atoms with Gasteiger partial charge in [0.25, 0.3) is 7.82 Å². The number of nitrogens with one attached hydrogen (secondary N) is 1. The largest absolute Gasteiger partial charge is 1.00 e. The van der Waals surface area contributed by atoms with E-state index in [0.717, 1.165) is 12.8 Å². The number of phosphoric acid groups is 1. The molecule has 0 spiro atoms. The van der Waals surface area contributed by atoms with Gasteiger partial charge in [-0.1, -0.05) is 0 Å². The zero-order valence-electron chi connectivity index (χ0n) is 15.8. The molecule has 0 radical (unpaired) electrons. The van der Waals surface area contributed by atoms with Crippen molar-refractivity contribution in [2.75, 3.05) is 17.7 Å². The van der Waals surface area contributed by atoms with E-state index in [4.69, 9.17) is 15.4 Å². The molecule has 0 amide bonds. The number of aliphatic hydroxyl groups excluding tert-OH is 1. The molecule has 2 aliphatic rings. The van der Waals surface area contributed by atoms with Crippen LogP contribution in [0.1, 0.15) is 26.0 Å². The number of imidazole rings is 1. The van der Waals surface area contributed by atoms with E-state index in [2.05, 4.69) is 24.8 Å². The van der Waals surface area contributed by atoms with Gasteiger partial charge in [0.2, 0.25) is 5.95 Å². The molecule has 2 aromatic rings. The Kier molecular flexibility index (Phi) is 6.30. The standard InChI is InChI=1S/C14H21N6O7P.Na/c1-14(22)9(21)7(4-26-28(23,24)25)27-12(14)20-5-16-8-10(17-6-2-3-6)18-13(15)19-11(8)20;/h5-7,9,12,21-22H,2-4H2,1H3,(H2,23,24,25)(H3,15,17,18,19);/q;+1/p-1/t7-,9?,12-,14+;/m1./s1. The second-order valence-corrected chi connectivity index (χ2v) is 8.33. The minimum Gasteiger partial charge on any atom is -0.756 e. The first-order chi connectivity index (χ1) is 13.1. The Balaban J connectivity index is 0.00000240. The van der Waals surface area contributed by atoms with E-state index in [1.807, 2.05) is 0 Å². The first kappa shape index (κ1) is 22.8. The quantitative estimate of drug-likeness (QED) is 0.214. The van der Waals surface area contributed by atoms with Crippen LogP contribution >= 0.6 is 7.82 Å². The summed E-state index contributed by atoms with van der Waals surface area (Å²) in [4.78, 5) is 32.1. The van der Waals surface area contributed by atoms with Gasteiger partial charge in [0.05, 0.1) is 12.9 Å². The number of anilines is 2. The fourth-order valence-corrected chi connectivity index (χ4v) is 3.51. The van der Waals surface area contributed by atoms with Crippen LogP contribution in [0.15, 0.2) is 6.33 Å². The molecular formula is C14H20N6NaO7P. The van der Waals surface area contributed by atoms with Crippen LogP contribution in [0.5, 0.6) is 0 Å². The Morgan fingerprint density at radius 3 is 2.83 bits per heavy atom. The third kappa shape index (κ3) is 4.59. The maximum Gasteiger partial charge on any atom is 1.00 e. The summed E-state index contributed by atoms with van der Waals surface area (Å²) in [6, 6.07) is 0.290. The van der Waals surface area contributed by atoms with Gasteiger partial charge in [0, 0.05) is 6.04 Å². The molecule has 13 nitrogen and oxygen atoms in total. The second kappa shape index (κ2) is 8.00. The van der Waals surface area contributed by atoms with Gasteiger partial charge in [-0.05, 0) is 19.8 Å². The van der Waals surface area contributed by atoms with Crippen molar-refractivity contribution in [3.05, 3.63) is 6.33 Å². The van der Waals surface area contributed by atoms with Crippen LogP contribution in [-0.4, -0.2) is 65.1 Å². The van der Waals surface area contributed by atoms with Gasteiger partial charge in [-0.25, -0.2) is 4.98 Å². The van der Waals surface area contributed by atoms with Crippen LogP contribution in [0.3, 0.4) is 0 Å². The Hall–Kier alpha value is -0.860. The van der Waals surface area contributed by atoms with E-state index in [-0.39, 0.29) is 47.2 Å². The molecule has 5 atom stereocenters. The summed E-state index contributed by atoms with van der Waals surface area (Å²) < 4.78 is 22.1. The molecule has 29 heavy (non-hydrogen) atoms.